The molecule has 0 atom stereocenters. The molecule has 1 amide bonds. The summed E-state index contributed by atoms with van der Waals surface area (Å²) in [6, 6.07) is 0. The predicted molar refractivity (Wildman–Crippen MR) is 70.7 cm³/mol. The van der Waals surface area contributed by atoms with Crippen LogP contribution in [0.5, 0.6) is 0 Å². The van der Waals surface area contributed by atoms with Crippen LogP contribution < -0.4 is 11.1 Å². The van der Waals surface area contributed by atoms with E-state index in [0.717, 1.165) is 12.8 Å². The fourth-order valence-corrected chi connectivity index (χ4v) is 1.42. The second kappa shape index (κ2) is 8.83. The van der Waals surface area contributed by atoms with Crippen molar-refractivity contribution in [1.82, 2.24) is 5.32 Å². The Bertz CT molecular complexity index is 517. The summed E-state index contributed by atoms with van der Waals surface area (Å²) in [7, 11) is 0. The van der Waals surface area contributed by atoms with Gasteiger partial charge in [-0.2, -0.15) is 0 Å². The molecule has 1 rings (SSSR count). The van der Waals surface area contributed by atoms with Crippen LogP contribution in [0.1, 0.15) is 37.7 Å². The zero-order valence-electron chi connectivity index (χ0n) is 12.1. The molecule has 0 fully saturated rings. The zero-order valence-corrected chi connectivity index (χ0v) is 12.1. The molecule has 1 N–H and O–H groups in total. The Morgan fingerprint density at radius 1 is 1.19 bits per heavy atom. The molecule has 118 valence electrons. The minimum absolute atomic E-state index is 0.00971. The minimum atomic E-state index is -0.823. The van der Waals surface area contributed by atoms with E-state index in [4.69, 9.17) is 13.9 Å². The van der Waals surface area contributed by atoms with Crippen molar-refractivity contribution >= 4 is 12.1 Å². The summed E-state index contributed by atoms with van der Waals surface area (Å²) in [5, 5.41) is 2.38. The number of rotatable bonds is 8. The lowest BCUT2D eigenvalue weighted by Crippen LogP contribution is -2.25. The number of unbranched alkanes of at least 4 members (excludes halogenated alkanes) is 1. The van der Waals surface area contributed by atoms with Crippen molar-refractivity contribution in [3.8, 4) is 0 Å². The van der Waals surface area contributed by atoms with Gasteiger partial charge in [-0.25, -0.2) is 9.59 Å². The van der Waals surface area contributed by atoms with Crippen LogP contribution in [-0.2, 0) is 20.8 Å². The van der Waals surface area contributed by atoms with Gasteiger partial charge in [0, 0.05) is 6.42 Å². The van der Waals surface area contributed by atoms with Crippen molar-refractivity contribution in [2.24, 2.45) is 0 Å². The van der Waals surface area contributed by atoms with Crippen LogP contribution in [0, 0.1) is 6.92 Å². The molecule has 1 aromatic rings. The predicted octanol–water partition coefficient (Wildman–Crippen LogP) is 1.50. The standard InChI is InChI=1S/C13H19NO7/c1-3-4-5-11(15)18-6-7-19-12(16)14-8-10-9(2)20-13(17)21-10/h3-8H2,1-2H3,(H,14,16). The lowest BCUT2D eigenvalue weighted by atomic mass is 10.2. The Kier molecular flexibility index (Phi) is 7.06. The molecule has 0 bridgehead atoms. The van der Waals surface area contributed by atoms with Crippen molar-refractivity contribution in [1.29, 1.82) is 0 Å². The number of esters is 1. The van der Waals surface area contributed by atoms with Gasteiger partial charge in [0.1, 0.15) is 19.0 Å². The van der Waals surface area contributed by atoms with Gasteiger partial charge in [0.2, 0.25) is 0 Å². The number of nitrogens with one attached hydrogen (secondary N) is 1. The second-order valence-electron chi connectivity index (χ2n) is 4.25. The Hall–Kier alpha value is -2.25. The number of amides is 1. The number of hydrogen-bond acceptors (Lipinski definition) is 7. The van der Waals surface area contributed by atoms with Crippen LogP contribution in [0.25, 0.3) is 0 Å². The highest BCUT2D eigenvalue weighted by Crippen LogP contribution is 2.03. The molecule has 0 saturated carbocycles. The summed E-state index contributed by atoms with van der Waals surface area (Å²) >= 11 is 0. The summed E-state index contributed by atoms with van der Waals surface area (Å²) < 4.78 is 19.0. The van der Waals surface area contributed by atoms with Crippen molar-refractivity contribution < 1.29 is 27.9 Å². The summed E-state index contributed by atoms with van der Waals surface area (Å²) in [4.78, 5) is 33.3. The fourth-order valence-electron chi connectivity index (χ4n) is 1.42. The summed E-state index contributed by atoms with van der Waals surface area (Å²) in [5.74, 6) is -0.610. The Labute approximate surface area is 121 Å². The monoisotopic (exact) mass is 301 g/mol. The zero-order chi connectivity index (χ0) is 15.7. The molecule has 1 heterocycles. The van der Waals surface area contributed by atoms with Crippen molar-refractivity contribution in [2.75, 3.05) is 13.2 Å². The summed E-state index contributed by atoms with van der Waals surface area (Å²) in [6.45, 7) is 3.47. The first-order chi connectivity index (χ1) is 10.0. The first kappa shape index (κ1) is 16.8. The normalized spacial score (nSPS) is 10.2. The van der Waals surface area contributed by atoms with E-state index in [0.29, 0.717) is 12.2 Å². The molecule has 0 aliphatic heterocycles. The van der Waals surface area contributed by atoms with Gasteiger partial charge in [-0.05, 0) is 13.3 Å². The Morgan fingerprint density at radius 3 is 2.52 bits per heavy atom. The maximum atomic E-state index is 11.3. The molecule has 8 heteroatoms. The largest absolute Gasteiger partial charge is 0.519 e. The topological polar surface area (TPSA) is 108 Å². The third kappa shape index (κ3) is 6.64. The van der Waals surface area contributed by atoms with Gasteiger partial charge in [0.05, 0.1) is 6.54 Å². The number of alkyl carbamates (subject to hydrolysis) is 1. The average Bonchev–Trinajstić information content (AvgIpc) is 2.77. The van der Waals surface area contributed by atoms with E-state index in [1.165, 1.54) is 0 Å². The van der Waals surface area contributed by atoms with Gasteiger partial charge in [-0.3, -0.25) is 4.79 Å². The molecule has 0 aromatic carbocycles. The molecule has 0 saturated heterocycles. The third-order valence-electron chi connectivity index (χ3n) is 2.54. The van der Waals surface area contributed by atoms with Crippen molar-refractivity contribution in [2.45, 2.75) is 39.7 Å². The van der Waals surface area contributed by atoms with E-state index >= 15 is 0 Å². The lowest BCUT2D eigenvalue weighted by Gasteiger charge is -2.06. The Morgan fingerprint density at radius 2 is 1.90 bits per heavy atom. The number of ether oxygens (including phenoxy) is 2. The van der Waals surface area contributed by atoms with E-state index < -0.39 is 11.9 Å². The highest BCUT2D eigenvalue weighted by molar-refractivity contribution is 5.69. The van der Waals surface area contributed by atoms with Gasteiger partial charge in [-0.15, -0.1) is 0 Å². The van der Waals surface area contributed by atoms with E-state index in [9.17, 15) is 14.4 Å². The van der Waals surface area contributed by atoms with Crippen LogP contribution in [-0.4, -0.2) is 25.3 Å². The van der Waals surface area contributed by atoms with Crippen LogP contribution in [0.3, 0.4) is 0 Å². The first-order valence-electron chi connectivity index (χ1n) is 6.68. The maximum Gasteiger partial charge on any atom is 0.519 e. The molecule has 21 heavy (non-hydrogen) atoms. The van der Waals surface area contributed by atoms with Gasteiger partial charge in [-0.1, -0.05) is 13.3 Å². The SMILES string of the molecule is CCCCC(=O)OCCOC(=O)NCc1oc(=O)oc1C. The van der Waals surface area contributed by atoms with Gasteiger partial charge in [0.25, 0.3) is 0 Å². The number of aryl methyl sites for hydroxylation is 1. The first-order valence-corrected chi connectivity index (χ1v) is 6.68. The molecule has 0 spiro atoms. The van der Waals surface area contributed by atoms with Gasteiger partial charge < -0.3 is 23.6 Å². The molecule has 0 aliphatic rings. The van der Waals surface area contributed by atoms with E-state index in [1.807, 2.05) is 6.92 Å². The van der Waals surface area contributed by atoms with Crippen molar-refractivity contribution in [3.63, 3.8) is 0 Å². The summed E-state index contributed by atoms with van der Waals surface area (Å²) in [6.07, 6.45) is 1.34. The fraction of sp³-hybridized carbons (Fsp3) is 0.615. The molecule has 0 unspecified atom stereocenters. The van der Waals surface area contributed by atoms with E-state index in [-0.39, 0.29) is 31.5 Å². The molecule has 0 aliphatic carbocycles. The van der Waals surface area contributed by atoms with Gasteiger partial charge in [0.15, 0.2) is 5.76 Å². The van der Waals surface area contributed by atoms with Gasteiger partial charge >= 0.3 is 17.9 Å². The molecule has 0 radical (unpaired) electrons. The van der Waals surface area contributed by atoms with Crippen LogP contribution in [0.2, 0.25) is 0 Å². The van der Waals surface area contributed by atoms with Crippen LogP contribution in [0.15, 0.2) is 13.6 Å². The highest BCUT2D eigenvalue weighted by atomic mass is 16.6. The Balaban J connectivity index is 2.13. The average molecular weight is 301 g/mol. The lowest BCUT2D eigenvalue weighted by molar-refractivity contribution is -0.144. The van der Waals surface area contributed by atoms with E-state index in [2.05, 4.69) is 9.73 Å². The number of carbonyl (C=O) groups excluding carboxylic acids is 2. The van der Waals surface area contributed by atoms with Crippen LogP contribution >= 0.6 is 0 Å². The molecular formula is C13H19NO7. The molecule has 1 aromatic heterocycles. The maximum absolute atomic E-state index is 11.3. The second-order valence-corrected chi connectivity index (χ2v) is 4.25. The summed E-state index contributed by atoms with van der Waals surface area (Å²) in [5.41, 5.74) is 0. The van der Waals surface area contributed by atoms with Crippen molar-refractivity contribution in [3.05, 3.63) is 22.1 Å². The molecular weight excluding hydrogens is 282 g/mol. The third-order valence-corrected chi connectivity index (χ3v) is 2.54. The number of hydrogen-bond donors (Lipinski definition) is 1. The smallest absolute Gasteiger partial charge is 0.462 e. The van der Waals surface area contributed by atoms with E-state index in [1.54, 1.807) is 6.92 Å². The quantitative estimate of drug-likeness (QED) is 0.572. The van der Waals surface area contributed by atoms with Crippen LogP contribution in [0.4, 0.5) is 4.79 Å². The highest BCUT2D eigenvalue weighted by Gasteiger charge is 2.10. The molecule has 8 nitrogen and oxygen atoms in total. The number of carbonyl (C=O) groups is 2. The minimum Gasteiger partial charge on any atom is -0.462 e.